The minimum Gasteiger partial charge on any atom is -0.352 e. The topological polar surface area (TPSA) is 41.5 Å². The van der Waals surface area contributed by atoms with Crippen molar-refractivity contribution in [3.05, 3.63) is 59.8 Å². The molecule has 0 saturated carbocycles. The van der Waals surface area contributed by atoms with Crippen LogP contribution in [0.1, 0.15) is 24.0 Å². The quantitative estimate of drug-likeness (QED) is 0.777. The maximum atomic E-state index is 12.8. The highest BCUT2D eigenvalue weighted by Crippen LogP contribution is 2.53. The first kappa shape index (κ1) is 18.3. The molecule has 1 saturated heterocycles. The van der Waals surface area contributed by atoms with Crippen LogP contribution in [0.2, 0.25) is 0 Å². The smallest absolute Gasteiger partial charge is 0.352 e. The fourth-order valence-electron chi connectivity index (χ4n) is 4.03. The van der Waals surface area contributed by atoms with Crippen molar-refractivity contribution < 1.29 is 18.0 Å². The Morgan fingerprint density at radius 2 is 2.04 bits per heavy atom. The number of rotatable bonds is 3. The molecular weight excluding hydrogens is 373 g/mol. The molecular formula is C20H19F3N2OS. The number of nitrogens with one attached hydrogen (secondary N) is 1. The molecule has 3 nitrogen and oxygen atoms in total. The maximum Gasteiger partial charge on any atom is 0.416 e. The van der Waals surface area contributed by atoms with Gasteiger partial charge in [-0.2, -0.15) is 13.2 Å². The Hall–Kier alpha value is -2.02. The number of allylic oxidation sites excluding steroid dienone is 3. The predicted octanol–water partition coefficient (Wildman–Crippen LogP) is 4.36. The lowest BCUT2D eigenvalue weighted by atomic mass is 9.73. The molecule has 0 aromatic heterocycles. The largest absolute Gasteiger partial charge is 0.416 e. The van der Waals surface area contributed by atoms with Crippen molar-refractivity contribution in [2.24, 2.45) is 16.8 Å². The van der Waals surface area contributed by atoms with Crippen LogP contribution in [0.3, 0.4) is 0 Å². The molecule has 1 N–H and O–H groups in total. The van der Waals surface area contributed by atoms with Gasteiger partial charge in [-0.15, -0.1) is 11.8 Å². The average Bonchev–Trinajstić information content (AvgIpc) is 3.04. The molecule has 2 aliphatic heterocycles. The number of thioether (sulfide) groups is 1. The summed E-state index contributed by atoms with van der Waals surface area (Å²) in [4.78, 5) is 17.3. The number of halogens is 3. The van der Waals surface area contributed by atoms with Crippen molar-refractivity contribution in [3.63, 3.8) is 0 Å². The van der Waals surface area contributed by atoms with E-state index in [0.29, 0.717) is 5.56 Å². The van der Waals surface area contributed by atoms with E-state index in [1.54, 1.807) is 18.0 Å². The number of nitrogens with zero attached hydrogens (tertiary/aromatic N) is 1. The second-order valence-corrected chi connectivity index (χ2v) is 8.39. The van der Waals surface area contributed by atoms with Crippen LogP contribution in [-0.4, -0.2) is 22.1 Å². The Labute approximate surface area is 159 Å². The van der Waals surface area contributed by atoms with E-state index in [4.69, 9.17) is 0 Å². The summed E-state index contributed by atoms with van der Waals surface area (Å²) >= 11 is 1.80. The zero-order chi connectivity index (χ0) is 19.1. The van der Waals surface area contributed by atoms with Crippen LogP contribution in [0.15, 0.2) is 53.7 Å². The molecule has 7 heteroatoms. The van der Waals surface area contributed by atoms with Gasteiger partial charge in [-0.3, -0.25) is 9.79 Å². The van der Waals surface area contributed by atoms with E-state index in [2.05, 4.69) is 22.5 Å². The summed E-state index contributed by atoms with van der Waals surface area (Å²) in [6.45, 7) is 0.225. The van der Waals surface area contributed by atoms with Crippen LogP contribution in [0, 0.1) is 11.8 Å². The van der Waals surface area contributed by atoms with E-state index in [1.165, 1.54) is 12.1 Å². The first-order valence-corrected chi connectivity index (χ1v) is 9.85. The first-order valence-electron chi connectivity index (χ1n) is 8.87. The Balaban J connectivity index is 1.42. The van der Waals surface area contributed by atoms with Crippen LogP contribution in [0.4, 0.5) is 13.2 Å². The molecule has 1 amide bonds. The Bertz CT molecular complexity index is 829. The van der Waals surface area contributed by atoms with Crippen molar-refractivity contribution in [3.8, 4) is 0 Å². The molecule has 1 fully saturated rings. The molecule has 3 aliphatic rings. The fraction of sp³-hybridized carbons (Fsp3) is 0.400. The van der Waals surface area contributed by atoms with E-state index < -0.39 is 11.7 Å². The van der Waals surface area contributed by atoms with Gasteiger partial charge < -0.3 is 5.32 Å². The lowest BCUT2D eigenvalue weighted by Crippen LogP contribution is -2.45. The van der Waals surface area contributed by atoms with Gasteiger partial charge in [0.25, 0.3) is 0 Å². The monoisotopic (exact) mass is 392 g/mol. The molecule has 0 bridgehead atoms. The fourth-order valence-corrected chi connectivity index (χ4v) is 5.81. The molecule has 4 rings (SSSR count). The highest BCUT2D eigenvalue weighted by molar-refractivity contribution is 8.01. The number of aliphatic imine (C=N–C) groups is 1. The zero-order valence-electron chi connectivity index (χ0n) is 14.5. The molecule has 27 heavy (non-hydrogen) atoms. The summed E-state index contributed by atoms with van der Waals surface area (Å²) in [5, 5.41) is 2.90. The van der Waals surface area contributed by atoms with Crippen LogP contribution >= 0.6 is 11.8 Å². The van der Waals surface area contributed by atoms with E-state index in [9.17, 15) is 18.0 Å². The van der Waals surface area contributed by atoms with Crippen molar-refractivity contribution in [1.29, 1.82) is 0 Å². The van der Waals surface area contributed by atoms with Crippen LogP contribution < -0.4 is 5.32 Å². The van der Waals surface area contributed by atoms with Gasteiger partial charge in [-0.1, -0.05) is 30.4 Å². The van der Waals surface area contributed by atoms with Crippen molar-refractivity contribution in [2.45, 2.75) is 30.3 Å². The molecule has 0 radical (unpaired) electrons. The van der Waals surface area contributed by atoms with Crippen LogP contribution in [0.25, 0.3) is 0 Å². The van der Waals surface area contributed by atoms with E-state index in [0.717, 1.165) is 36.4 Å². The number of carbonyl (C=O) groups is 1. The van der Waals surface area contributed by atoms with Gasteiger partial charge in [0.2, 0.25) is 5.91 Å². The van der Waals surface area contributed by atoms with Gasteiger partial charge in [0, 0.05) is 36.5 Å². The van der Waals surface area contributed by atoms with E-state index >= 15 is 0 Å². The number of alkyl halides is 3. The predicted molar refractivity (Wildman–Crippen MR) is 100 cm³/mol. The number of hydrogen-bond donors (Lipinski definition) is 1. The van der Waals surface area contributed by atoms with Crippen molar-refractivity contribution in [2.75, 3.05) is 5.75 Å². The average molecular weight is 392 g/mol. The molecule has 3 atom stereocenters. The van der Waals surface area contributed by atoms with E-state index in [1.807, 2.05) is 6.08 Å². The molecule has 1 aliphatic carbocycles. The minimum absolute atomic E-state index is 0.0512. The minimum atomic E-state index is -4.35. The molecule has 2 heterocycles. The molecule has 3 unspecified atom stereocenters. The third kappa shape index (κ3) is 3.33. The summed E-state index contributed by atoms with van der Waals surface area (Å²) in [5.74, 6) is 0.621. The van der Waals surface area contributed by atoms with E-state index in [-0.39, 0.29) is 29.0 Å². The van der Waals surface area contributed by atoms with Crippen LogP contribution in [0.5, 0.6) is 0 Å². The van der Waals surface area contributed by atoms with Gasteiger partial charge in [-0.05, 0) is 24.1 Å². The van der Waals surface area contributed by atoms with Gasteiger partial charge in [0.15, 0.2) is 0 Å². The third-order valence-electron chi connectivity index (χ3n) is 5.49. The lowest BCUT2D eigenvalue weighted by molar-refractivity contribution is -0.137. The summed E-state index contributed by atoms with van der Waals surface area (Å²) in [5.41, 5.74) is 1.11. The highest BCUT2D eigenvalue weighted by Gasteiger charge is 2.54. The SMILES string of the molecule is O=C(NCc1ccc(C(F)(F)F)cc1)C1CSC23CC=CCC2=NC=CC13. The lowest BCUT2D eigenvalue weighted by Gasteiger charge is -2.38. The second kappa shape index (κ2) is 6.86. The molecule has 1 aromatic rings. The highest BCUT2D eigenvalue weighted by atomic mass is 32.2. The number of hydrogen-bond acceptors (Lipinski definition) is 3. The second-order valence-electron chi connectivity index (χ2n) is 7.04. The molecule has 1 spiro atoms. The molecule has 142 valence electrons. The zero-order valence-corrected chi connectivity index (χ0v) is 15.3. The standard InChI is InChI=1S/C20H19F3N2OS/c21-20(22,23)14-6-4-13(5-7-14)11-25-18(26)15-12-27-19-9-2-1-3-17(19)24-10-8-16(15)19/h1-2,4-8,10,15-16H,3,9,11-12H2,(H,25,26). The Morgan fingerprint density at radius 3 is 2.78 bits per heavy atom. The summed E-state index contributed by atoms with van der Waals surface area (Å²) in [6, 6.07) is 4.90. The first-order chi connectivity index (χ1) is 12.9. The normalized spacial score (nSPS) is 29.1. The van der Waals surface area contributed by atoms with Gasteiger partial charge in [0.1, 0.15) is 0 Å². The molecule has 1 aromatic carbocycles. The van der Waals surface area contributed by atoms with Gasteiger partial charge >= 0.3 is 6.18 Å². The Kier molecular flexibility index (Phi) is 4.66. The Morgan fingerprint density at radius 1 is 1.26 bits per heavy atom. The summed E-state index contributed by atoms with van der Waals surface area (Å²) in [6.07, 6.45) is 5.49. The number of benzene rings is 1. The summed E-state index contributed by atoms with van der Waals surface area (Å²) < 4.78 is 37.8. The maximum absolute atomic E-state index is 12.8. The number of carbonyl (C=O) groups excluding carboxylic acids is 1. The van der Waals surface area contributed by atoms with Crippen molar-refractivity contribution >= 4 is 23.4 Å². The third-order valence-corrected chi connectivity index (χ3v) is 7.20. The number of amides is 1. The summed E-state index contributed by atoms with van der Waals surface area (Å²) in [7, 11) is 0. The van der Waals surface area contributed by atoms with Gasteiger partial charge in [-0.25, -0.2) is 0 Å². The van der Waals surface area contributed by atoms with Gasteiger partial charge in [0.05, 0.1) is 16.2 Å². The van der Waals surface area contributed by atoms with Crippen molar-refractivity contribution in [1.82, 2.24) is 5.32 Å². The van der Waals surface area contributed by atoms with Crippen LogP contribution in [-0.2, 0) is 17.5 Å².